The summed E-state index contributed by atoms with van der Waals surface area (Å²) in [6.45, 7) is 7.46. The summed E-state index contributed by atoms with van der Waals surface area (Å²) in [4.78, 5) is 24.0. The fraction of sp³-hybridized carbons (Fsp3) is 0.889. The molecule has 1 rings (SSSR count). The monoisotopic (exact) mass is 312 g/mol. The second-order valence-corrected chi connectivity index (χ2v) is 7.13. The van der Waals surface area contributed by atoms with Crippen LogP contribution in [0.4, 0.5) is 0 Å². The number of hydrogen-bond acceptors (Lipinski definition) is 4. The molecular formula is C18H32O4. The zero-order valence-electron chi connectivity index (χ0n) is 14.7. The molecule has 0 unspecified atom stereocenters. The minimum Gasteiger partial charge on any atom is -0.457 e. The number of esters is 2. The molecule has 1 aliphatic rings. The van der Waals surface area contributed by atoms with Crippen molar-refractivity contribution in [2.75, 3.05) is 6.61 Å². The Balaban J connectivity index is 2.51. The van der Waals surface area contributed by atoms with E-state index in [4.69, 9.17) is 9.47 Å². The van der Waals surface area contributed by atoms with E-state index in [0.29, 0.717) is 6.42 Å². The summed E-state index contributed by atoms with van der Waals surface area (Å²) in [5.41, 5.74) is -0.872. The number of carbonyl (C=O) groups excluding carboxylic acids is 2. The summed E-state index contributed by atoms with van der Waals surface area (Å²) < 4.78 is 10.9. The standard InChI is InChI=1S/C18H32O4/c1-5-7-11-18(12-9-8-10-13-18)22-15(19)14-21-16(20)17(3,4)6-2/h5-14H2,1-4H3. The highest BCUT2D eigenvalue weighted by Gasteiger charge is 2.36. The maximum atomic E-state index is 12.1. The van der Waals surface area contributed by atoms with Crippen molar-refractivity contribution in [3.05, 3.63) is 0 Å². The third-order valence-corrected chi connectivity index (χ3v) is 4.84. The molecular weight excluding hydrogens is 280 g/mol. The minimum atomic E-state index is -0.551. The van der Waals surface area contributed by atoms with Gasteiger partial charge < -0.3 is 9.47 Å². The molecule has 0 aromatic heterocycles. The van der Waals surface area contributed by atoms with Crippen molar-refractivity contribution in [2.45, 2.75) is 91.1 Å². The Labute approximate surface area is 134 Å². The van der Waals surface area contributed by atoms with Crippen molar-refractivity contribution in [1.29, 1.82) is 0 Å². The van der Waals surface area contributed by atoms with Gasteiger partial charge in [-0.15, -0.1) is 0 Å². The Hall–Kier alpha value is -1.06. The molecule has 0 amide bonds. The predicted octanol–water partition coefficient (Wildman–Crippen LogP) is 4.40. The van der Waals surface area contributed by atoms with Gasteiger partial charge in [-0.05, 0) is 58.8 Å². The van der Waals surface area contributed by atoms with Gasteiger partial charge in [-0.3, -0.25) is 4.79 Å². The topological polar surface area (TPSA) is 52.6 Å². The molecule has 1 aliphatic carbocycles. The summed E-state index contributed by atoms with van der Waals surface area (Å²) >= 11 is 0. The van der Waals surface area contributed by atoms with E-state index in [9.17, 15) is 9.59 Å². The first kappa shape index (κ1) is 19.0. The highest BCUT2D eigenvalue weighted by Crippen LogP contribution is 2.36. The fourth-order valence-corrected chi connectivity index (χ4v) is 2.83. The lowest BCUT2D eigenvalue weighted by molar-refractivity contribution is -0.176. The van der Waals surface area contributed by atoms with Crippen molar-refractivity contribution in [2.24, 2.45) is 5.41 Å². The maximum Gasteiger partial charge on any atom is 0.344 e. The van der Waals surface area contributed by atoms with Crippen LogP contribution in [0.1, 0.15) is 85.5 Å². The summed E-state index contributed by atoms with van der Waals surface area (Å²) in [5.74, 6) is -0.739. The van der Waals surface area contributed by atoms with E-state index in [1.807, 2.05) is 20.8 Å². The molecule has 0 aliphatic heterocycles. The van der Waals surface area contributed by atoms with E-state index in [0.717, 1.165) is 44.9 Å². The molecule has 4 heteroatoms. The second kappa shape index (κ2) is 8.54. The zero-order chi connectivity index (χ0) is 16.6. The van der Waals surface area contributed by atoms with E-state index in [2.05, 4.69) is 6.92 Å². The Morgan fingerprint density at radius 2 is 1.73 bits per heavy atom. The Morgan fingerprint density at radius 3 is 2.27 bits per heavy atom. The van der Waals surface area contributed by atoms with Crippen molar-refractivity contribution >= 4 is 11.9 Å². The average molecular weight is 312 g/mol. The molecule has 0 radical (unpaired) electrons. The van der Waals surface area contributed by atoms with E-state index in [1.54, 1.807) is 0 Å². The van der Waals surface area contributed by atoms with Crippen LogP contribution in [0.3, 0.4) is 0 Å². The van der Waals surface area contributed by atoms with Crippen LogP contribution in [-0.4, -0.2) is 24.1 Å². The number of hydrogen-bond donors (Lipinski definition) is 0. The van der Waals surface area contributed by atoms with Crippen LogP contribution < -0.4 is 0 Å². The lowest BCUT2D eigenvalue weighted by atomic mass is 9.81. The van der Waals surface area contributed by atoms with E-state index < -0.39 is 11.4 Å². The van der Waals surface area contributed by atoms with Gasteiger partial charge in [-0.2, -0.15) is 0 Å². The van der Waals surface area contributed by atoms with Gasteiger partial charge >= 0.3 is 11.9 Å². The average Bonchev–Trinajstić information content (AvgIpc) is 2.51. The molecule has 0 atom stereocenters. The first-order chi connectivity index (χ1) is 10.4. The normalized spacial score (nSPS) is 17.8. The molecule has 1 fully saturated rings. The molecule has 22 heavy (non-hydrogen) atoms. The van der Waals surface area contributed by atoms with E-state index in [-0.39, 0.29) is 18.2 Å². The van der Waals surface area contributed by atoms with Gasteiger partial charge in [0.05, 0.1) is 5.41 Å². The third-order valence-electron chi connectivity index (χ3n) is 4.84. The Kier molecular flexibility index (Phi) is 7.37. The first-order valence-corrected chi connectivity index (χ1v) is 8.74. The van der Waals surface area contributed by atoms with E-state index >= 15 is 0 Å². The fourth-order valence-electron chi connectivity index (χ4n) is 2.83. The van der Waals surface area contributed by atoms with Crippen LogP contribution in [0.5, 0.6) is 0 Å². The quantitative estimate of drug-likeness (QED) is 0.623. The summed E-state index contributed by atoms with van der Waals surface area (Å²) in [6.07, 6.45) is 9.07. The summed E-state index contributed by atoms with van der Waals surface area (Å²) in [6, 6.07) is 0. The largest absolute Gasteiger partial charge is 0.457 e. The molecule has 0 N–H and O–H groups in total. The van der Waals surface area contributed by atoms with Crippen molar-refractivity contribution < 1.29 is 19.1 Å². The van der Waals surface area contributed by atoms with Gasteiger partial charge in [0.1, 0.15) is 5.60 Å². The number of unbranched alkanes of at least 4 members (excludes halogenated alkanes) is 1. The molecule has 0 bridgehead atoms. The van der Waals surface area contributed by atoms with Crippen LogP contribution in [0.2, 0.25) is 0 Å². The van der Waals surface area contributed by atoms with Gasteiger partial charge in [-0.25, -0.2) is 4.79 Å². The molecule has 0 saturated heterocycles. The van der Waals surface area contributed by atoms with Crippen molar-refractivity contribution in [3.8, 4) is 0 Å². The van der Waals surface area contributed by atoms with E-state index in [1.165, 1.54) is 6.42 Å². The van der Waals surface area contributed by atoms with Gasteiger partial charge in [0.2, 0.25) is 0 Å². The summed E-state index contributed by atoms with van der Waals surface area (Å²) in [5, 5.41) is 0. The third kappa shape index (κ3) is 5.62. The lowest BCUT2D eigenvalue weighted by Crippen LogP contribution is -2.39. The van der Waals surface area contributed by atoms with Crippen LogP contribution in [0.25, 0.3) is 0 Å². The van der Waals surface area contributed by atoms with Crippen molar-refractivity contribution in [1.82, 2.24) is 0 Å². The van der Waals surface area contributed by atoms with Gasteiger partial charge in [-0.1, -0.05) is 26.7 Å². The Morgan fingerprint density at radius 1 is 1.09 bits per heavy atom. The van der Waals surface area contributed by atoms with Crippen molar-refractivity contribution in [3.63, 3.8) is 0 Å². The van der Waals surface area contributed by atoms with Crippen LogP contribution >= 0.6 is 0 Å². The Bertz CT molecular complexity index is 367. The zero-order valence-corrected chi connectivity index (χ0v) is 14.7. The SMILES string of the molecule is CCCCC1(OC(=O)COC(=O)C(C)(C)CC)CCCCC1. The lowest BCUT2D eigenvalue weighted by Gasteiger charge is -2.37. The smallest absolute Gasteiger partial charge is 0.344 e. The van der Waals surface area contributed by atoms with Crippen LogP contribution in [0, 0.1) is 5.41 Å². The molecule has 1 saturated carbocycles. The van der Waals surface area contributed by atoms with Gasteiger partial charge in [0.25, 0.3) is 0 Å². The molecule has 0 heterocycles. The predicted molar refractivity (Wildman–Crippen MR) is 86.5 cm³/mol. The molecule has 4 nitrogen and oxygen atoms in total. The minimum absolute atomic E-state index is 0.268. The highest BCUT2D eigenvalue weighted by molar-refractivity contribution is 5.79. The highest BCUT2D eigenvalue weighted by atomic mass is 16.6. The maximum absolute atomic E-state index is 12.1. The molecule has 0 aromatic carbocycles. The summed E-state index contributed by atoms with van der Waals surface area (Å²) in [7, 11) is 0. The second-order valence-electron chi connectivity index (χ2n) is 7.13. The molecule has 0 aromatic rings. The number of rotatable bonds is 8. The number of carbonyl (C=O) groups is 2. The van der Waals surface area contributed by atoms with Gasteiger partial charge in [0.15, 0.2) is 6.61 Å². The molecule has 128 valence electrons. The van der Waals surface area contributed by atoms with Crippen LogP contribution in [-0.2, 0) is 19.1 Å². The number of ether oxygens (including phenoxy) is 2. The van der Waals surface area contributed by atoms with Crippen LogP contribution in [0.15, 0.2) is 0 Å². The first-order valence-electron chi connectivity index (χ1n) is 8.74. The molecule has 0 spiro atoms. The van der Waals surface area contributed by atoms with Gasteiger partial charge in [0, 0.05) is 0 Å².